The van der Waals surface area contributed by atoms with Crippen LogP contribution in [-0.4, -0.2) is 216 Å². The first-order valence-corrected chi connectivity index (χ1v) is 32.7. The summed E-state index contributed by atoms with van der Waals surface area (Å²) in [5, 5.41) is 11.5. The Labute approximate surface area is 534 Å². The molecule has 2 aliphatic heterocycles. The van der Waals surface area contributed by atoms with Gasteiger partial charge in [0.05, 0.1) is 25.2 Å². The van der Waals surface area contributed by atoms with Gasteiger partial charge in [0.1, 0.15) is 47.6 Å². The highest BCUT2D eigenvalue weighted by Crippen LogP contribution is 2.35. The second kappa shape index (κ2) is 33.6. The summed E-state index contributed by atoms with van der Waals surface area (Å²) in [6, 6.07) is -5.51. The maximum Gasteiger partial charge on any atom is 0.419 e. The molecular weight excluding hydrogens is 1190 g/mol. The number of alkyl halides is 3. The van der Waals surface area contributed by atoms with Gasteiger partial charge >= 0.3 is 6.18 Å². The second-order valence-electron chi connectivity index (χ2n) is 26.5. The minimum absolute atomic E-state index is 0.0173. The Morgan fingerprint density at radius 1 is 0.637 bits per heavy atom. The van der Waals surface area contributed by atoms with Gasteiger partial charge in [0.2, 0.25) is 65.0 Å². The Morgan fingerprint density at radius 2 is 1.25 bits per heavy atom. The van der Waals surface area contributed by atoms with E-state index >= 15 is 4.79 Å². The zero-order valence-electron chi connectivity index (χ0n) is 55.6. The third-order valence-corrected chi connectivity index (χ3v) is 18.9. The highest BCUT2D eigenvalue weighted by atomic mass is 19.4. The third-order valence-electron chi connectivity index (χ3n) is 18.9. The molecule has 26 heteroatoms. The molecule has 0 bridgehead atoms. The van der Waals surface area contributed by atoms with Crippen molar-refractivity contribution < 1.29 is 70.3 Å². The number of unbranched alkanes of at least 4 members (excludes halogenated alkanes) is 1. The zero-order chi connectivity index (χ0) is 67.8. The first kappa shape index (κ1) is 74.8. The summed E-state index contributed by atoms with van der Waals surface area (Å²) in [7, 11) is 8.50. The van der Waals surface area contributed by atoms with Crippen LogP contribution in [-0.2, 0) is 65.3 Å². The van der Waals surface area contributed by atoms with Crippen molar-refractivity contribution >= 4 is 65.0 Å². The summed E-state index contributed by atoms with van der Waals surface area (Å²) in [6.07, 6.45) is 2.77. The molecule has 510 valence electrons. The van der Waals surface area contributed by atoms with E-state index in [1.54, 1.807) is 13.8 Å². The Balaban J connectivity index is 1.55. The van der Waals surface area contributed by atoms with E-state index in [0.717, 1.165) is 52.9 Å². The molecule has 4 fully saturated rings. The molecule has 2 aliphatic carbocycles. The van der Waals surface area contributed by atoms with Crippen LogP contribution < -0.4 is 21.3 Å². The number of amides is 11. The molecule has 1 aromatic carbocycles. The van der Waals surface area contributed by atoms with Crippen LogP contribution in [0, 0.1) is 23.6 Å². The predicted molar refractivity (Wildman–Crippen MR) is 332 cm³/mol. The van der Waals surface area contributed by atoms with Gasteiger partial charge in [0, 0.05) is 61.3 Å². The van der Waals surface area contributed by atoms with Crippen molar-refractivity contribution in [3.8, 4) is 0 Å². The fraction of sp³-hybridized carbons (Fsp3) is 0.738. The minimum atomic E-state index is -4.99. The van der Waals surface area contributed by atoms with E-state index in [4.69, 9.17) is 0 Å². The average molecular weight is 1290 g/mol. The molecule has 11 amide bonds. The van der Waals surface area contributed by atoms with E-state index in [2.05, 4.69) is 21.3 Å². The molecule has 5 rings (SSSR count). The molecule has 8 atom stereocenters. The lowest BCUT2D eigenvalue weighted by atomic mass is 9.84. The van der Waals surface area contributed by atoms with E-state index in [-0.39, 0.29) is 81.7 Å². The van der Waals surface area contributed by atoms with Gasteiger partial charge in [0.15, 0.2) is 0 Å². The highest BCUT2D eigenvalue weighted by Gasteiger charge is 2.49. The minimum Gasteiger partial charge on any atom is -0.351 e. The molecule has 0 radical (unpaired) electrons. The van der Waals surface area contributed by atoms with Crippen molar-refractivity contribution in [3.05, 3.63) is 35.1 Å². The van der Waals surface area contributed by atoms with Crippen LogP contribution in [0.25, 0.3) is 0 Å². The second-order valence-corrected chi connectivity index (χ2v) is 26.5. The van der Waals surface area contributed by atoms with Crippen LogP contribution in [0.3, 0.4) is 0 Å². The zero-order valence-corrected chi connectivity index (χ0v) is 55.6. The highest BCUT2D eigenvalue weighted by molar-refractivity contribution is 5.99. The molecular formula is C65H101F4N11O11. The Hall–Kier alpha value is -6.89. The topological polar surface area (TPSA) is 259 Å². The first-order valence-electron chi connectivity index (χ1n) is 32.7. The maximum absolute atomic E-state index is 15.0. The number of fused-ring (bicyclic) bond motifs is 1. The van der Waals surface area contributed by atoms with Gasteiger partial charge in [-0.25, -0.2) is 4.39 Å². The van der Waals surface area contributed by atoms with Crippen molar-refractivity contribution in [3.63, 3.8) is 0 Å². The van der Waals surface area contributed by atoms with E-state index in [0.29, 0.717) is 50.7 Å². The molecule has 2 heterocycles. The summed E-state index contributed by atoms with van der Waals surface area (Å²) < 4.78 is 55.8. The van der Waals surface area contributed by atoms with Crippen molar-refractivity contribution in [1.82, 2.24) is 55.6 Å². The monoisotopic (exact) mass is 1290 g/mol. The lowest BCUT2D eigenvalue weighted by Gasteiger charge is -2.38. The number of hydrogen-bond donors (Lipinski definition) is 4. The smallest absolute Gasteiger partial charge is 0.351 e. The Morgan fingerprint density at radius 3 is 1.86 bits per heavy atom. The Bertz CT molecular complexity index is 2760. The maximum atomic E-state index is 15.0. The van der Waals surface area contributed by atoms with Crippen LogP contribution >= 0.6 is 0 Å². The molecule has 2 saturated carbocycles. The summed E-state index contributed by atoms with van der Waals surface area (Å²) in [4.78, 5) is 168. The number of carbonyl (C=O) groups is 11. The molecule has 1 unspecified atom stereocenters. The fourth-order valence-electron chi connectivity index (χ4n) is 13.0. The summed E-state index contributed by atoms with van der Waals surface area (Å²) >= 11 is 0. The molecule has 1 aromatic rings. The van der Waals surface area contributed by atoms with E-state index in [9.17, 15) is 65.5 Å². The van der Waals surface area contributed by atoms with Crippen LogP contribution in [0.1, 0.15) is 175 Å². The van der Waals surface area contributed by atoms with Gasteiger partial charge in [0.25, 0.3) is 0 Å². The average Bonchev–Trinajstić information content (AvgIpc) is 1.77. The molecule has 2 saturated heterocycles. The van der Waals surface area contributed by atoms with E-state index < -0.39 is 156 Å². The summed E-state index contributed by atoms with van der Waals surface area (Å²) in [5.74, 6) is -9.07. The number of rotatable bonds is 12. The van der Waals surface area contributed by atoms with Crippen molar-refractivity contribution in [1.29, 1.82) is 0 Å². The van der Waals surface area contributed by atoms with Gasteiger partial charge < -0.3 is 55.6 Å². The van der Waals surface area contributed by atoms with Crippen molar-refractivity contribution in [2.45, 2.75) is 224 Å². The third kappa shape index (κ3) is 20.1. The van der Waals surface area contributed by atoms with Crippen LogP contribution in [0.15, 0.2) is 18.2 Å². The normalized spacial score (nSPS) is 26.1. The van der Waals surface area contributed by atoms with E-state index in [1.165, 1.54) is 61.9 Å². The van der Waals surface area contributed by atoms with Gasteiger partial charge in [-0.15, -0.1) is 0 Å². The quantitative estimate of drug-likeness (QED) is 0.198. The number of carbonyl (C=O) groups excluding carboxylic acids is 11. The molecule has 0 aromatic heterocycles. The fourth-order valence-corrected chi connectivity index (χ4v) is 13.0. The SMILES string of the molecule is CCCC[C@H]1C(=O)N[C@H](C)CC(=O)N(C)[C@@H](CC(C)C)C(=O)N[C@@H](C(C)CC)C(=O)N(C)CC(=O)N(C)CC(=O)N(C)[C@@H](CC2CCCCC2)C(=O)N(C)CC(=O)N[C@@H](CCc2ccc(C(F)(F)F)c(F)c2)C(=O)N2CCC[C@H]2C(=O)NC2(CCCC2)C(=O)N1C. The number of nitrogens with zero attached hydrogens (tertiary/aromatic N) is 7. The molecule has 91 heavy (non-hydrogen) atoms. The molecule has 4 aliphatic rings. The number of nitrogens with one attached hydrogen (secondary N) is 4. The largest absolute Gasteiger partial charge is 0.419 e. The molecule has 1 spiro atoms. The van der Waals surface area contributed by atoms with Gasteiger partial charge in [-0.05, 0) is 100 Å². The Kier molecular flexibility index (Phi) is 27.6. The summed E-state index contributed by atoms with van der Waals surface area (Å²) in [5.41, 5.74) is -2.93. The van der Waals surface area contributed by atoms with Crippen LogP contribution in [0.5, 0.6) is 0 Å². The van der Waals surface area contributed by atoms with Crippen molar-refractivity contribution in [2.75, 3.05) is 68.5 Å². The summed E-state index contributed by atoms with van der Waals surface area (Å²) in [6.45, 7) is 9.27. The standard InChI is InChI=1S/C65H101F4N11O11/c1-13-15-24-48-57(85)70-42(6)34-53(82)77(10)50(33-40(3)4)58(86)72-56(41(5)14-2)62(90)76(9)38-54(83)74(7)39-55(84)78(11)51(36-43-22-17-16-18-23-43)61(89)75(8)37-52(81)71-47(29-27-44-26-28-45(46(66)35-44)65(67,68)69)60(88)80-32-21-25-49(80)59(87)73-64(30-19-20-31-64)63(91)79(48)12/h26,28,35,40-43,47-51,56H,13-25,27,29-34,36-39H2,1-12H3,(H,70,85)(H,71,81)(H,72,86)(H,73,87)/t41?,42-,47+,48+,49+,50+,51+,56+/m1/s1. The van der Waals surface area contributed by atoms with Gasteiger partial charge in [-0.2, -0.15) is 13.2 Å². The lowest BCUT2D eigenvalue weighted by Crippen LogP contribution is -2.64. The predicted octanol–water partition coefficient (Wildman–Crippen LogP) is 5.18. The lowest BCUT2D eigenvalue weighted by molar-refractivity contribution is -0.149. The number of hydrogen-bond acceptors (Lipinski definition) is 11. The number of aryl methyl sites for hydroxylation is 1. The van der Waals surface area contributed by atoms with Gasteiger partial charge in [-0.3, -0.25) is 52.7 Å². The first-order chi connectivity index (χ1) is 42.7. The van der Waals surface area contributed by atoms with Crippen LogP contribution in [0.4, 0.5) is 17.6 Å². The molecule has 22 nitrogen and oxygen atoms in total. The molecule has 4 N–H and O–H groups in total. The van der Waals surface area contributed by atoms with Crippen LogP contribution in [0.2, 0.25) is 0 Å². The number of likely N-dealkylation sites (N-methyl/N-ethyl adjacent to an activating group) is 6. The number of benzene rings is 1. The van der Waals surface area contributed by atoms with E-state index in [1.807, 2.05) is 27.7 Å². The van der Waals surface area contributed by atoms with Gasteiger partial charge in [-0.1, -0.05) is 105 Å². The number of halogens is 4. The van der Waals surface area contributed by atoms with Crippen molar-refractivity contribution in [2.24, 2.45) is 17.8 Å².